The molecule has 76 valence electrons. The predicted molar refractivity (Wildman–Crippen MR) is 52.2 cm³/mol. The lowest BCUT2D eigenvalue weighted by Crippen LogP contribution is -2.07. The molecule has 0 spiro atoms. The summed E-state index contributed by atoms with van der Waals surface area (Å²) in [7, 11) is -2.98. The average Bonchev–Trinajstić information content (AvgIpc) is 2.47. The maximum Gasteiger partial charge on any atom is 0.157 e. The Balaban J connectivity index is 2.36. The van der Waals surface area contributed by atoms with Crippen molar-refractivity contribution in [3.8, 4) is 0 Å². The largest absolute Gasteiger partial charge is 0.228 e. The summed E-state index contributed by atoms with van der Waals surface area (Å²) in [5.74, 6) is -0.0705. The summed E-state index contributed by atoms with van der Waals surface area (Å²) < 4.78 is 35.7. The van der Waals surface area contributed by atoms with Crippen molar-refractivity contribution in [2.75, 3.05) is 5.75 Å². The molecule has 1 aromatic rings. The second-order valence-electron chi connectivity index (χ2n) is 3.55. The van der Waals surface area contributed by atoms with Crippen molar-refractivity contribution in [3.63, 3.8) is 0 Å². The van der Waals surface area contributed by atoms with E-state index in [2.05, 4.69) is 0 Å². The summed E-state index contributed by atoms with van der Waals surface area (Å²) >= 11 is 0. The van der Waals surface area contributed by atoms with Crippen LogP contribution < -0.4 is 0 Å². The summed E-state index contributed by atoms with van der Waals surface area (Å²) in [5, 5.41) is -0.414. The van der Waals surface area contributed by atoms with Crippen LogP contribution in [0.25, 0.3) is 0 Å². The highest BCUT2D eigenvalue weighted by Gasteiger charge is 2.32. The van der Waals surface area contributed by atoms with E-state index in [1.807, 2.05) is 0 Å². The zero-order chi connectivity index (χ0) is 10.2. The van der Waals surface area contributed by atoms with Gasteiger partial charge in [0.15, 0.2) is 9.84 Å². The lowest BCUT2D eigenvalue weighted by atomic mass is 10.1. The Labute approximate surface area is 82.7 Å². The van der Waals surface area contributed by atoms with Crippen molar-refractivity contribution in [3.05, 3.63) is 35.6 Å². The van der Waals surface area contributed by atoms with Crippen molar-refractivity contribution in [2.24, 2.45) is 0 Å². The van der Waals surface area contributed by atoms with Crippen molar-refractivity contribution in [2.45, 2.75) is 18.1 Å². The summed E-state index contributed by atoms with van der Waals surface area (Å²) in [6, 6.07) is 5.73. The molecule has 1 aliphatic heterocycles. The van der Waals surface area contributed by atoms with Gasteiger partial charge in [0.2, 0.25) is 0 Å². The Morgan fingerprint density at radius 1 is 1.21 bits per heavy atom. The van der Waals surface area contributed by atoms with Crippen LogP contribution >= 0.6 is 0 Å². The van der Waals surface area contributed by atoms with E-state index in [0.717, 1.165) is 0 Å². The van der Waals surface area contributed by atoms with Crippen molar-refractivity contribution >= 4 is 9.84 Å². The molecule has 0 saturated carbocycles. The molecule has 1 aliphatic rings. The minimum Gasteiger partial charge on any atom is -0.228 e. The molecule has 0 N–H and O–H groups in total. The first kappa shape index (κ1) is 9.65. The van der Waals surface area contributed by atoms with Gasteiger partial charge in [-0.05, 0) is 30.5 Å². The topological polar surface area (TPSA) is 34.1 Å². The van der Waals surface area contributed by atoms with Crippen LogP contribution in [0.2, 0.25) is 0 Å². The highest BCUT2D eigenvalue weighted by atomic mass is 32.2. The fourth-order valence-electron chi connectivity index (χ4n) is 1.84. The molecule has 4 heteroatoms. The Kier molecular flexibility index (Phi) is 2.31. The van der Waals surface area contributed by atoms with Crippen molar-refractivity contribution in [1.82, 2.24) is 0 Å². The molecule has 0 aromatic heterocycles. The molecular formula is C10H11FO2S. The summed E-state index contributed by atoms with van der Waals surface area (Å²) in [6.45, 7) is 0. The molecule has 0 amide bonds. The van der Waals surface area contributed by atoms with Crippen molar-refractivity contribution < 1.29 is 12.8 Å². The van der Waals surface area contributed by atoms with Gasteiger partial charge in [-0.15, -0.1) is 0 Å². The quantitative estimate of drug-likeness (QED) is 0.717. The van der Waals surface area contributed by atoms with Gasteiger partial charge in [-0.25, -0.2) is 12.8 Å². The summed E-state index contributed by atoms with van der Waals surface area (Å²) in [6.07, 6.45) is 1.37. The van der Waals surface area contributed by atoms with Gasteiger partial charge in [-0.1, -0.05) is 12.1 Å². The number of sulfone groups is 1. The third-order valence-corrected chi connectivity index (χ3v) is 4.80. The fourth-order valence-corrected chi connectivity index (χ4v) is 3.79. The van der Waals surface area contributed by atoms with Gasteiger partial charge in [0.25, 0.3) is 0 Å². The monoisotopic (exact) mass is 214 g/mol. The van der Waals surface area contributed by atoms with Crippen molar-refractivity contribution in [1.29, 1.82) is 0 Å². The molecule has 14 heavy (non-hydrogen) atoms. The first-order chi connectivity index (χ1) is 6.59. The average molecular weight is 214 g/mol. The molecule has 2 rings (SSSR count). The van der Waals surface area contributed by atoms with Gasteiger partial charge in [-0.3, -0.25) is 0 Å². The third-order valence-electron chi connectivity index (χ3n) is 2.57. The molecular weight excluding hydrogens is 203 g/mol. The number of hydrogen-bond donors (Lipinski definition) is 0. The van der Waals surface area contributed by atoms with Gasteiger partial charge in [0.1, 0.15) is 5.82 Å². The summed E-state index contributed by atoms with van der Waals surface area (Å²) in [5.41, 5.74) is 0.712. The van der Waals surface area contributed by atoms with Crippen LogP contribution in [-0.4, -0.2) is 14.2 Å². The molecule has 1 fully saturated rings. The minimum absolute atomic E-state index is 0.259. The lowest BCUT2D eigenvalue weighted by molar-refractivity contribution is 0.591. The van der Waals surface area contributed by atoms with Gasteiger partial charge in [0.05, 0.1) is 11.0 Å². The predicted octanol–water partition coefficient (Wildman–Crippen LogP) is 2.08. The van der Waals surface area contributed by atoms with Gasteiger partial charge >= 0.3 is 0 Å². The number of halogens is 1. The van der Waals surface area contributed by atoms with E-state index in [-0.39, 0.29) is 11.6 Å². The van der Waals surface area contributed by atoms with E-state index in [0.29, 0.717) is 18.4 Å². The first-order valence-corrected chi connectivity index (χ1v) is 6.28. The minimum atomic E-state index is -2.98. The standard InChI is InChI=1S/C10H11FO2S/c11-9-5-3-8(4-6-9)10-2-1-7-14(10,12)13/h3-6,10H,1-2,7H2. The van der Waals surface area contributed by atoms with Crippen LogP contribution in [0.1, 0.15) is 23.7 Å². The molecule has 1 heterocycles. The molecule has 1 aromatic carbocycles. The SMILES string of the molecule is O=S1(=O)CCCC1c1ccc(F)cc1. The highest BCUT2D eigenvalue weighted by molar-refractivity contribution is 7.91. The Morgan fingerprint density at radius 2 is 1.86 bits per heavy atom. The Hall–Kier alpha value is -0.900. The maximum absolute atomic E-state index is 12.6. The Morgan fingerprint density at radius 3 is 2.36 bits per heavy atom. The van der Waals surface area contributed by atoms with E-state index in [1.165, 1.54) is 12.1 Å². The second-order valence-corrected chi connectivity index (χ2v) is 5.85. The molecule has 1 unspecified atom stereocenters. The molecule has 1 atom stereocenters. The Bertz CT molecular complexity index is 422. The van der Waals surface area contributed by atoms with Crippen LogP contribution in [0, 0.1) is 5.82 Å². The van der Waals surface area contributed by atoms with Crippen LogP contribution in [0.15, 0.2) is 24.3 Å². The van der Waals surface area contributed by atoms with Gasteiger partial charge < -0.3 is 0 Å². The van der Waals surface area contributed by atoms with Crippen LogP contribution in [-0.2, 0) is 9.84 Å². The lowest BCUT2D eigenvalue weighted by Gasteiger charge is -2.08. The smallest absolute Gasteiger partial charge is 0.157 e. The summed E-state index contributed by atoms with van der Waals surface area (Å²) in [4.78, 5) is 0. The molecule has 0 bridgehead atoms. The third kappa shape index (κ3) is 1.66. The number of rotatable bonds is 1. The van der Waals surface area contributed by atoms with E-state index >= 15 is 0 Å². The molecule has 0 radical (unpaired) electrons. The second kappa shape index (κ2) is 3.35. The zero-order valence-corrected chi connectivity index (χ0v) is 8.43. The van der Waals surface area contributed by atoms with Crippen LogP contribution in [0.4, 0.5) is 4.39 Å². The van der Waals surface area contributed by atoms with E-state index in [1.54, 1.807) is 12.1 Å². The highest BCUT2D eigenvalue weighted by Crippen LogP contribution is 2.34. The maximum atomic E-state index is 12.6. The normalized spacial score (nSPS) is 25.1. The van der Waals surface area contributed by atoms with E-state index in [4.69, 9.17) is 0 Å². The zero-order valence-electron chi connectivity index (χ0n) is 7.61. The fraction of sp³-hybridized carbons (Fsp3) is 0.400. The van der Waals surface area contributed by atoms with E-state index in [9.17, 15) is 12.8 Å². The molecule has 0 aliphatic carbocycles. The molecule has 1 saturated heterocycles. The van der Waals surface area contributed by atoms with Gasteiger partial charge in [0, 0.05) is 0 Å². The van der Waals surface area contributed by atoms with Crippen LogP contribution in [0.3, 0.4) is 0 Å². The molecule has 2 nitrogen and oxygen atoms in total. The first-order valence-electron chi connectivity index (χ1n) is 4.56. The number of benzene rings is 1. The van der Waals surface area contributed by atoms with Crippen LogP contribution in [0.5, 0.6) is 0 Å². The van der Waals surface area contributed by atoms with E-state index < -0.39 is 15.1 Å². The number of hydrogen-bond acceptors (Lipinski definition) is 2. The van der Waals surface area contributed by atoms with Gasteiger partial charge in [-0.2, -0.15) is 0 Å².